The number of benzene rings is 1. The van der Waals surface area contributed by atoms with Crippen LogP contribution in [0.25, 0.3) is 0 Å². The molecule has 2 aliphatic heterocycles. The first-order valence-electron chi connectivity index (χ1n) is 12.2. The topological polar surface area (TPSA) is 88.0 Å². The van der Waals surface area contributed by atoms with Crippen molar-refractivity contribution in [2.75, 3.05) is 27.6 Å². The number of hydrogen-bond acceptors (Lipinski definition) is 8. The molecule has 0 aliphatic carbocycles. The third-order valence-electron chi connectivity index (χ3n) is 6.46. The van der Waals surface area contributed by atoms with E-state index in [1.165, 1.54) is 0 Å². The number of ether oxygens (including phenoxy) is 6. The maximum atomic E-state index is 10.9. The van der Waals surface area contributed by atoms with E-state index >= 15 is 0 Å². The maximum Gasteiger partial charge on any atom is 0.214 e. The first-order valence-corrected chi connectivity index (χ1v) is 12.2. The molecule has 1 fully saturated rings. The first kappa shape index (κ1) is 27.8. The fourth-order valence-corrected chi connectivity index (χ4v) is 4.55. The minimum absolute atomic E-state index is 0.0124. The van der Waals surface area contributed by atoms with Gasteiger partial charge < -0.3 is 33.5 Å². The van der Waals surface area contributed by atoms with Crippen molar-refractivity contribution in [1.82, 2.24) is 0 Å². The van der Waals surface area contributed by atoms with Crippen molar-refractivity contribution in [2.45, 2.75) is 77.5 Å². The fraction of sp³-hybridized carbons (Fsp3) is 0.667. The predicted octanol–water partition coefficient (Wildman–Crippen LogP) is 3.72. The van der Waals surface area contributed by atoms with E-state index in [4.69, 9.17) is 28.4 Å². The van der Waals surface area contributed by atoms with Crippen LogP contribution in [0.1, 0.15) is 40.2 Å². The molecule has 1 aromatic rings. The lowest BCUT2D eigenvalue weighted by Gasteiger charge is -2.30. The summed E-state index contributed by atoms with van der Waals surface area (Å²) in [4.78, 5) is 4.52. The van der Waals surface area contributed by atoms with Gasteiger partial charge in [0.15, 0.2) is 6.29 Å². The summed E-state index contributed by atoms with van der Waals surface area (Å²) in [5.41, 5.74) is 1.65. The van der Waals surface area contributed by atoms with Crippen LogP contribution < -0.4 is 0 Å². The summed E-state index contributed by atoms with van der Waals surface area (Å²) < 4.78 is 35.2. The molecule has 1 aromatic carbocycles. The minimum Gasteiger partial charge on any atom is -0.477 e. The molecule has 0 bridgehead atoms. The zero-order chi connectivity index (χ0) is 25.6. The Bertz CT molecular complexity index is 856. The Labute approximate surface area is 209 Å². The molecule has 1 saturated heterocycles. The molecule has 0 amide bonds. The van der Waals surface area contributed by atoms with Crippen molar-refractivity contribution in [1.29, 1.82) is 0 Å². The number of nitrogens with zero attached hydrogens (tertiary/aromatic N) is 1. The minimum atomic E-state index is -0.852. The molecule has 35 heavy (non-hydrogen) atoms. The second kappa shape index (κ2) is 12.4. The molecule has 0 radical (unpaired) electrons. The highest BCUT2D eigenvalue weighted by molar-refractivity contribution is 5.83. The van der Waals surface area contributed by atoms with Gasteiger partial charge in [0.25, 0.3) is 0 Å². The Kier molecular flexibility index (Phi) is 9.86. The molecule has 196 valence electrons. The van der Waals surface area contributed by atoms with E-state index in [0.717, 1.165) is 11.1 Å². The van der Waals surface area contributed by atoms with Crippen LogP contribution in [0, 0.1) is 11.8 Å². The van der Waals surface area contributed by atoms with Crippen LogP contribution in [0.5, 0.6) is 0 Å². The highest BCUT2D eigenvalue weighted by Gasteiger charge is 2.47. The highest BCUT2D eigenvalue weighted by Crippen LogP contribution is 2.35. The SMILES string of the molecule is COCO[C@H](/C(C)=C/[C@@H](C)[C@@H](O)C1=NC(C)(C)CO1)[C@H]1O[C@H](OC)[C@@H](C)[C@@H]1OCc1ccccc1. The molecule has 0 spiro atoms. The quantitative estimate of drug-likeness (QED) is 0.352. The van der Waals surface area contributed by atoms with Crippen LogP contribution in [-0.4, -0.2) is 74.9 Å². The number of hydrogen-bond donors (Lipinski definition) is 1. The number of aliphatic imine (C=N–C) groups is 1. The summed E-state index contributed by atoms with van der Waals surface area (Å²) in [6.07, 6.45) is -0.452. The van der Waals surface area contributed by atoms with Crippen molar-refractivity contribution in [3.05, 3.63) is 47.5 Å². The van der Waals surface area contributed by atoms with Crippen LogP contribution in [0.15, 0.2) is 47.0 Å². The molecule has 2 heterocycles. The van der Waals surface area contributed by atoms with Gasteiger partial charge >= 0.3 is 0 Å². The fourth-order valence-electron chi connectivity index (χ4n) is 4.55. The van der Waals surface area contributed by atoms with E-state index in [0.29, 0.717) is 19.1 Å². The second-order valence-electron chi connectivity index (χ2n) is 10.1. The standard InChI is InChI=1S/C27H41NO7/c1-17(21(29)25-28-27(4,5)15-33-25)13-18(2)22(34-16-30-6)24-23(19(3)26(31-7)35-24)32-14-20-11-9-8-10-12-20/h8-13,17,19,21-24,26,29H,14-16H2,1-7H3/b18-13+/t17-,19+,21-,22-,23+,24-,26+/m1/s1. The van der Waals surface area contributed by atoms with Crippen LogP contribution in [0.4, 0.5) is 0 Å². The maximum absolute atomic E-state index is 10.9. The average molecular weight is 492 g/mol. The van der Waals surface area contributed by atoms with Gasteiger partial charge in [0, 0.05) is 26.1 Å². The van der Waals surface area contributed by atoms with Crippen molar-refractivity contribution < 1.29 is 33.5 Å². The van der Waals surface area contributed by atoms with E-state index in [2.05, 4.69) is 11.9 Å². The van der Waals surface area contributed by atoms with Crippen LogP contribution in [-0.2, 0) is 35.0 Å². The van der Waals surface area contributed by atoms with Crippen molar-refractivity contribution in [2.24, 2.45) is 16.8 Å². The van der Waals surface area contributed by atoms with Gasteiger partial charge in [0.2, 0.25) is 5.90 Å². The molecule has 3 rings (SSSR count). The summed E-state index contributed by atoms with van der Waals surface area (Å²) in [7, 11) is 3.22. The van der Waals surface area contributed by atoms with E-state index in [-0.39, 0.29) is 30.3 Å². The van der Waals surface area contributed by atoms with Gasteiger partial charge in [0.1, 0.15) is 31.7 Å². The Morgan fingerprint density at radius 3 is 2.57 bits per heavy atom. The number of aliphatic hydroxyl groups excluding tert-OH is 1. The average Bonchev–Trinajstić information content (AvgIpc) is 3.36. The van der Waals surface area contributed by atoms with Crippen LogP contribution in [0.2, 0.25) is 0 Å². The Hall–Kier alpha value is -1.81. The summed E-state index contributed by atoms with van der Waals surface area (Å²) >= 11 is 0. The lowest BCUT2D eigenvalue weighted by molar-refractivity contribution is -0.172. The van der Waals surface area contributed by atoms with E-state index in [1.807, 2.05) is 64.1 Å². The number of methoxy groups -OCH3 is 2. The van der Waals surface area contributed by atoms with Crippen molar-refractivity contribution >= 4 is 5.90 Å². The molecule has 0 aromatic heterocycles. The van der Waals surface area contributed by atoms with E-state index < -0.39 is 24.6 Å². The zero-order valence-electron chi connectivity index (χ0n) is 22.0. The Balaban J connectivity index is 1.80. The third-order valence-corrected chi connectivity index (χ3v) is 6.46. The molecule has 0 unspecified atom stereocenters. The molecule has 2 aliphatic rings. The highest BCUT2D eigenvalue weighted by atomic mass is 16.7. The van der Waals surface area contributed by atoms with Gasteiger partial charge in [-0.05, 0) is 31.9 Å². The summed E-state index contributed by atoms with van der Waals surface area (Å²) in [6, 6.07) is 10.0. The summed E-state index contributed by atoms with van der Waals surface area (Å²) in [5.74, 6) is 0.105. The van der Waals surface area contributed by atoms with Crippen LogP contribution >= 0.6 is 0 Å². The van der Waals surface area contributed by atoms with E-state index in [9.17, 15) is 5.11 Å². The van der Waals surface area contributed by atoms with Crippen LogP contribution in [0.3, 0.4) is 0 Å². The van der Waals surface area contributed by atoms with Gasteiger partial charge in [-0.1, -0.05) is 50.3 Å². The smallest absolute Gasteiger partial charge is 0.214 e. The second-order valence-corrected chi connectivity index (χ2v) is 10.1. The van der Waals surface area contributed by atoms with Gasteiger partial charge in [-0.25, -0.2) is 4.99 Å². The largest absolute Gasteiger partial charge is 0.477 e. The molecule has 7 atom stereocenters. The van der Waals surface area contributed by atoms with Gasteiger partial charge in [0.05, 0.1) is 18.2 Å². The van der Waals surface area contributed by atoms with Gasteiger partial charge in [-0.3, -0.25) is 0 Å². The molecular formula is C27H41NO7. The Morgan fingerprint density at radius 1 is 1.26 bits per heavy atom. The first-order chi connectivity index (χ1) is 16.7. The molecule has 8 nitrogen and oxygen atoms in total. The number of rotatable bonds is 12. The molecule has 8 heteroatoms. The van der Waals surface area contributed by atoms with Crippen molar-refractivity contribution in [3.8, 4) is 0 Å². The Morgan fingerprint density at radius 2 is 1.97 bits per heavy atom. The third kappa shape index (κ3) is 7.12. The lowest BCUT2D eigenvalue weighted by atomic mass is 9.92. The molecule has 1 N–H and O–H groups in total. The summed E-state index contributed by atoms with van der Waals surface area (Å²) in [6.45, 7) is 10.9. The number of aliphatic hydroxyl groups is 1. The van der Waals surface area contributed by atoms with Crippen molar-refractivity contribution in [3.63, 3.8) is 0 Å². The predicted molar refractivity (Wildman–Crippen MR) is 133 cm³/mol. The monoisotopic (exact) mass is 491 g/mol. The van der Waals surface area contributed by atoms with Gasteiger partial charge in [-0.15, -0.1) is 0 Å². The normalized spacial score (nSPS) is 28.9. The lowest BCUT2D eigenvalue weighted by Crippen LogP contribution is -2.41. The summed E-state index contributed by atoms with van der Waals surface area (Å²) in [5, 5.41) is 10.9. The molecule has 0 saturated carbocycles. The molecular weight excluding hydrogens is 450 g/mol. The van der Waals surface area contributed by atoms with E-state index in [1.54, 1.807) is 14.2 Å². The van der Waals surface area contributed by atoms with Gasteiger partial charge in [-0.2, -0.15) is 0 Å². The zero-order valence-corrected chi connectivity index (χ0v) is 22.0.